The van der Waals surface area contributed by atoms with Crippen molar-refractivity contribution in [2.24, 2.45) is 16.6 Å². The van der Waals surface area contributed by atoms with Crippen LogP contribution < -0.4 is 5.73 Å². The van der Waals surface area contributed by atoms with Crippen LogP contribution in [0.3, 0.4) is 0 Å². The van der Waals surface area contributed by atoms with Crippen molar-refractivity contribution in [2.45, 2.75) is 38.6 Å². The summed E-state index contributed by atoms with van der Waals surface area (Å²) in [5, 5.41) is 0. The maximum absolute atomic E-state index is 12.0. The molecule has 0 aliphatic carbocycles. The molecule has 0 saturated heterocycles. The van der Waals surface area contributed by atoms with Crippen LogP contribution in [0.4, 0.5) is 0 Å². The fraction of sp³-hybridized carbons (Fsp3) is 0.500. The van der Waals surface area contributed by atoms with Crippen molar-refractivity contribution in [3.63, 3.8) is 0 Å². The van der Waals surface area contributed by atoms with Gasteiger partial charge in [0.2, 0.25) is 5.91 Å². The number of hydrogen-bond donors (Lipinski definition) is 1. The van der Waals surface area contributed by atoms with Gasteiger partial charge in [-0.3, -0.25) is 9.69 Å². The fourth-order valence-corrected chi connectivity index (χ4v) is 2.78. The molecule has 1 aromatic rings. The van der Waals surface area contributed by atoms with E-state index in [1.807, 2.05) is 25.1 Å². The lowest BCUT2D eigenvalue weighted by Crippen LogP contribution is -2.51. The first-order valence-corrected chi connectivity index (χ1v) is 7.02. The number of carbonyl (C=O) groups excluding carboxylic acids is 1. The first-order valence-electron chi connectivity index (χ1n) is 7.02. The first kappa shape index (κ1) is 14.6. The highest BCUT2D eigenvalue weighted by Gasteiger charge is 2.41. The van der Waals surface area contributed by atoms with Gasteiger partial charge in [0, 0.05) is 7.05 Å². The third-order valence-corrected chi connectivity index (χ3v) is 4.65. The number of rotatable bonds is 3. The second-order valence-corrected chi connectivity index (χ2v) is 5.94. The topological polar surface area (TPSA) is 58.7 Å². The Morgan fingerprint density at radius 2 is 1.90 bits per heavy atom. The first-order chi connectivity index (χ1) is 9.35. The molecule has 0 radical (unpaired) electrons. The van der Waals surface area contributed by atoms with Crippen LogP contribution in [0.2, 0.25) is 0 Å². The molecular formula is C16H23N3O. The van der Waals surface area contributed by atoms with E-state index in [1.54, 1.807) is 7.05 Å². The normalized spacial score (nSPS) is 26.1. The summed E-state index contributed by atoms with van der Waals surface area (Å²) >= 11 is 0. The summed E-state index contributed by atoms with van der Waals surface area (Å²) in [5.41, 5.74) is 6.70. The molecule has 1 heterocycles. The van der Waals surface area contributed by atoms with E-state index in [9.17, 15) is 4.79 Å². The molecule has 1 amide bonds. The molecule has 0 saturated carbocycles. The van der Waals surface area contributed by atoms with Gasteiger partial charge in [-0.2, -0.15) is 0 Å². The molecule has 4 heteroatoms. The van der Waals surface area contributed by atoms with Gasteiger partial charge in [0.15, 0.2) is 5.96 Å². The van der Waals surface area contributed by atoms with Crippen molar-refractivity contribution in [2.75, 3.05) is 7.05 Å². The standard InChI is InChI=1S/C16H23N3O/c1-11(13-8-6-5-7-9-13)12(2)16(3)10-14(20)19(4)15(17)18-16/h5-9,11-12H,10H2,1-4H3,(H2,17,18)/t11?,12-,16-/m0/s1. The molecule has 108 valence electrons. The van der Waals surface area contributed by atoms with Gasteiger partial charge >= 0.3 is 0 Å². The Kier molecular flexibility index (Phi) is 3.84. The Labute approximate surface area is 120 Å². The van der Waals surface area contributed by atoms with Crippen molar-refractivity contribution >= 4 is 11.9 Å². The molecule has 0 fully saturated rings. The zero-order valence-corrected chi connectivity index (χ0v) is 12.6. The lowest BCUT2D eigenvalue weighted by Gasteiger charge is -2.40. The highest BCUT2D eigenvalue weighted by Crippen LogP contribution is 2.38. The molecule has 1 aliphatic rings. The second-order valence-electron chi connectivity index (χ2n) is 5.94. The van der Waals surface area contributed by atoms with Gasteiger partial charge in [0.1, 0.15) is 0 Å². The summed E-state index contributed by atoms with van der Waals surface area (Å²) in [7, 11) is 1.67. The Hall–Kier alpha value is -1.84. The zero-order chi connectivity index (χ0) is 14.9. The SMILES string of the molecule is CC(c1ccccc1)[C@H](C)[C@]1(C)CC(=O)N(C)C(N)=N1. The van der Waals surface area contributed by atoms with Gasteiger partial charge in [-0.1, -0.05) is 44.2 Å². The molecule has 2 rings (SSSR count). The van der Waals surface area contributed by atoms with E-state index in [0.717, 1.165) is 0 Å². The molecule has 20 heavy (non-hydrogen) atoms. The molecule has 0 spiro atoms. The van der Waals surface area contributed by atoms with E-state index < -0.39 is 5.54 Å². The van der Waals surface area contributed by atoms with Crippen LogP contribution in [0.25, 0.3) is 0 Å². The van der Waals surface area contributed by atoms with E-state index in [2.05, 4.69) is 31.0 Å². The number of hydrogen-bond acceptors (Lipinski definition) is 3. The van der Waals surface area contributed by atoms with Crippen LogP contribution in [0.1, 0.15) is 38.7 Å². The van der Waals surface area contributed by atoms with E-state index in [0.29, 0.717) is 18.3 Å². The quantitative estimate of drug-likeness (QED) is 0.919. The maximum atomic E-state index is 12.0. The Morgan fingerprint density at radius 3 is 2.45 bits per heavy atom. The number of nitrogens with two attached hydrogens (primary N) is 1. The van der Waals surface area contributed by atoms with E-state index in [-0.39, 0.29) is 11.8 Å². The molecule has 3 atom stereocenters. The van der Waals surface area contributed by atoms with Gasteiger partial charge in [0.25, 0.3) is 0 Å². The third-order valence-electron chi connectivity index (χ3n) is 4.65. The predicted molar refractivity (Wildman–Crippen MR) is 81.4 cm³/mol. The van der Waals surface area contributed by atoms with Crippen molar-refractivity contribution < 1.29 is 4.79 Å². The fourth-order valence-electron chi connectivity index (χ4n) is 2.78. The summed E-state index contributed by atoms with van der Waals surface area (Å²) in [4.78, 5) is 18.1. The van der Waals surface area contributed by atoms with Gasteiger partial charge in [-0.25, -0.2) is 4.99 Å². The predicted octanol–water partition coefficient (Wildman–Crippen LogP) is 2.36. The second kappa shape index (κ2) is 5.27. The minimum Gasteiger partial charge on any atom is -0.369 e. The van der Waals surface area contributed by atoms with Gasteiger partial charge in [0.05, 0.1) is 12.0 Å². The number of benzene rings is 1. The molecule has 0 bridgehead atoms. The summed E-state index contributed by atoms with van der Waals surface area (Å²) in [5.74, 6) is 0.887. The summed E-state index contributed by atoms with van der Waals surface area (Å²) in [6.45, 7) is 6.35. The van der Waals surface area contributed by atoms with E-state index in [4.69, 9.17) is 5.73 Å². The van der Waals surface area contributed by atoms with E-state index in [1.165, 1.54) is 10.5 Å². The van der Waals surface area contributed by atoms with Crippen LogP contribution in [-0.2, 0) is 4.79 Å². The maximum Gasteiger partial charge on any atom is 0.231 e. The minimum absolute atomic E-state index is 0.0344. The summed E-state index contributed by atoms with van der Waals surface area (Å²) < 4.78 is 0. The minimum atomic E-state index is -0.442. The average molecular weight is 273 g/mol. The van der Waals surface area contributed by atoms with Crippen LogP contribution >= 0.6 is 0 Å². The van der Waals surface area contributed by atoms with Crippen LogP contribution in [-0.4, -0.2) is 29.4 Å². The van der Waals surface area contributed by atoms with Gasteiger partial charge in [-0.15, -0.1) is 0 Å². The molecule has 0 aromatic heterocycles. The van der Waals surface area contributed by atoms with Crippen molar-refractivity contribution in [3.05, 3.63) is 35.9 Å². The van der Waals surface area contributed by atoms with E-state index >= 15 is 0 Å². The molecule has 1 aliphatic heterocycles. The monoisotopic (exact) mass is 273 g/mol. The highest BCUT2D eigenvalue weighted by molar-refractivity contribution is 5.98. The lowest BCUT2D eigenvalue weighted by atomic mass is 9.74. The van der Waals surface area contributed by atoms with Crippen LogP contribution in [0.5, 0.6) is 0 Å². The number of aliphatic imine (C=N–C) groups is 1. The smallest absolute Gasteiger partial charge is 0.231 e. The summed E-state index contributed by atoms with van der Waals surface area (Å²) in [6.07, 6.45) is 0.405. The van der Waals surface area contributed by atoms with Crippen molar-refractivity contribution in [3.8, 4) is 0 Å². The molecule has 1 aromatic carbocycles. The lowest BCUT2D eigenvalue weighted by molar-refractivity contribution is -0.129. The highest BCUT2D eigenvalue weighted by atomic mass is 16.2. The Morgan fingerprint density at radius 1 is 1.30 bits per heavy atom. The number of nitrogens with zero attached hydrogens (tertiary/aromatic N) is 2. The van der Waals surface area contributed by atoms with Crippen LogP contribution in [0.15, 0.2) is 35.3 Å². The largest absolute Gasteiger partial charge is 0.369 e. The summed E-state index contributed by atoms with van der Waals surface area (Å²) in [6, 6.07) is 10.3. The van der Waals surface area contributed by atoms with Gasteiger partial charge < -0.3 is 5.73 Å². The van der Waals surface area contributed by atoms with Crippen LogP contribution in [0, 0.1) is 5.92 Å². The Bertz CT molecular complexity index is 526. The number of carbonyl (C=O) groups is 1. The number of amides is 1. The Balaban J connectivity index is 2.28. The van der Waals surface area contributed by atoms with Gasteiger partial charge in [-0.05, 0) is 24.3 Å². The average Bonchev–Trinajstić information content (AvgIpc) is 2.44. The van der Waals surface area contributed by atoms with Crippen molar-refractivity contribution in [1.82, 2.24) is 4.90 Å². The molecule has 2 N–H and O–H groups in total. The number of guanidine groups is 1. The molecular weight excluding hydrogens is 250 g/mol. The molecule has 1 unspecified atom stereocenters. The zero-order valence-electron chi connectivity index (χ0n) is 12.6. The third kappa shape index (κ3) is 2.55. The van der Waals surface area contributed by atoms with Crippen molar-refractivity contribution in [1.29, 1.82) is 0 Å². The molecule has 4 nitrogen and oxygen atoms in total.